The Balaban J connectivity index is 1.52. The molecule has 3 rings (SSSR count). The van der Waals surface area contributed by atoms with Gasteiger partial charge in [0.25, 0.3) is 0 Å². The lowest BCUT2D eigenvalue weighted by Gasteiger charge is -2.11. The third-order valence-corrected chi connectivity index (χ3v) is 3.34. The van der Waals surface area contributed by atoms with Crippen molar-refractivity contribution in [1.29, 1.82) is 0 Å². The molecule has 0 radical (unpaired) electrons. The number of nitrogens with zero attached hydrogens (tertiary/aromatic N) is 3. The molecule has 0 fully saturated rings. The van der Waals surface area contributed by atoms with E-state index in [1.807, 2.05) is 37.6 Å². The standard InChI is InChI=1S/C15H19N5O2/c1-16-15(18-7-12-8-19-20(2)9-12)17-6-11-3-4-13-14(5-11)22-10-21-13/h3-5,8-9H,6-7,10H2,1-2H3,(H2,16,17,18). The van der Waals surface area contributed by atoms with E-state index in [0.29, 0.717) is 19.9 Å². The summed E-state index contributed by atoms with van der Waals surface area (Å²) in [5, 5.41) is 10.7. The van der Waals surface area contributed by atoms with Crippen LogP contribution in [0.2, 0.25) is 0 Å². The second-order valence-corrected chi connectivity index (χ2v) is 4.99. The van der Waals surface area contributed by atoms with Gasteiger partial charge in [0.05, 0.1) is 6.20 Å². The lowest BCUT2D eigenvalue weighted by Crippen LogP contribution is -2.36. The van der Waals surface area contributed by atoms with E-state index >= 15 is 0 Å². The molecule has 2 N–H and O–H groups in total. The monoisotopic (exact) mass is 301 g/mol. The van der Waals surface area contributed by atoms with Crippen LogP contribution in [0.15, 0.2) is 35.6 Å². The number of nitrogens with one attached hydrogen (secondary N) is 2. The van der Waals surface area contributed by atoms with E-state index in [1.165, 1.54) is 0 Å². The summed E-state index contributed by atoms with van der Waals surface area (Å²) >= 11 is 0. The Bertz CT molecular complexity index is 680. The molecule has 0 amide bonds. The number of ether oxygens (including phenoxy) is 2. The summed E-state index contributed by atoms with van der Waals surface area (Å²) in [5.41, 5.74) is 2.21. The van der Waals surface area contributed by atoms with Crippen molar-refractivity contribution in [2.45, 2.75) is 13.1 Å². The summed E-state index contributed by atoms with van der Waals surface area (Å²) in [6, 6.07) is 5.91. The predicted octanol–water partition coefficient (Wildman–Crippen LogP) is 1.01. The quantitative estimate of drug-likeness (QED) is 0.651. The van der Waals surface area contributed by atoms with Crippen LogP contribution < -0.4 is 20.1 Å². The second kappa shape index (κ2) is 6.38. The van der Waals surface area contributed by atoms with Crippen LogP contribution in [0.4, 0.5) is 0 Å². The normalized spacial score (nSPS) is 13.3. The van der Waals surface area contributed by atoms with E-state index in [0.717, 1.165) is 28.6 Å². The van der Waals surface area contributed by atoms with Gasteiger partial charge in [-0.15, -0.1) is 0 Å². The highest BCUT2D eigenvalue weighted by molar-refractivity contribution is 5.79. The van der Waals surface area contributed by atoms with E-state index in [4.69, 9.17) is 9.47 Å². The van der Waals surface area contributed by atoms with Gasteiger partial charge in [0.15, 0.2) is 17.5 Å². The van der Waals surface area contributed by atoms with E-state index in [9.17, 15) is 0 Å². The Hall–Kier alpha value is -2.70. The second-order valence-electron chi connectivity index (χ2n) is 4.99. The maximum Gasteiger partial charge on any atom is 0.231 e. The highest BCUT2D eigenvalue weighted by Gasteiger charge is 2.13. The van der Waals surface area contributed by atoms with E-state index < -0.39 is 0 Å². The molecule has 7 nitrogen and oxygen atoms in total. The SMILES string of the molecule is CN=C(NCc1ccc2c(c1)OCO2)NCc1cnn(C)c1. The van der Waals surface area contributed by atoms with Crippen molar-refractivity contribution >= 4 is 5.96 Å². The van der Waals surface area contributed by atoms with Gasteiger partial charge in [-0.1, -0.05) is 6.07 Å². The Morgan fingerprint density at radius 2 is 2.00 bits per heavy atom. The zero-order valence-corrected chi connectivity index (χ0v) is 12.7. The Labute approximate surface area is 129 Å². The van der Waals surface area contributed by atoms with Crippen molar-refractivity contribution in [2.24, 2.45) is 12.0 Å². The van der Waals surface area contributed by atoms with Crippen LogP contribution in [0.1, 0.15) is 11.1 Å². The van der Waals surface area contributed by atoms with E-state index in [2.05, 4.69) is 20.7 Å². The van der Waals surface area contributed by atoms with Crippen molar-refractivity contribution in [3.05, 3.63) is 41.7 Å². The largest absolute Gasteiger partial charge is 0.454 e. The molecule has 1 aromatic heterocycles. The first-order valence-corrected chi connectivity index (χ1v) is 7.05. The number of guanidine groups is 1. The number of fused-ring (bicyclic) bond motifs is 1. The number of benzene rings is 1. The molecule has 1 aliphatic rings. The molecular weight excluding hydrogens is 282 g/mol. The fourth-order valence-corrected chi connectivity index (χ4v) is 2.21. The van der Waals surface area contributed by atoms with Gasteiger partial charge in [0.1, 0.15) is 0 Å². The first-order valence-electron chi connectivity index (χ1n) is 7.05. The number of hydrogen-bond donors (Lipinski definition) is 2. The molecule has 2 heterocycles. The summed E-state index contributed by atoms with van der Waals surface area (Å²) in [6.45, 7) is 1.62. The number of aryl methyl sites for hydroxylation is 1. The van der Waals surface area contributed by atoms with Gasteiger partial charge in [-0.3, -0.25) is 9.67 Å². The lowest BCUT2D eigenvalue weighted by atomic mass is 10.2. The Morgan fingerprint density at radius 3 is 2.73 bits per heavy atom. The fourth-order valence-electron chi connectivity index (χ4n) is 2.21. The summed E-state index contributed by atoms with van der Waals surface area (Å²) in [4.78, 5) is 4.21. The molecule has 0 saturated carbocycles. The molecule has 0 spiro atoms. The van der Waals surface area contributed by atoms with Gasteiger partial charge < -0.3 is 20.1 Å². The average Bonchev–Trinajstić information content (AvgIpc) is 3.15. The summed E-state index contributed by atoms with van der Waals surface area (Å²) in [7, 11) is 3.65. The lowest BCUT2D eigenvalue weighted by molar-refractivity contribution is 0.174. The molecule has 0 unspecified atom stereocenters. The summed E-state index contributed by atoms with van der Waals surface area (Å²) < 4.78 is 12.5. The minimum Gasteiger partial charge on any atom is -0.454 e. The van der Waals surface area contributed by atoms with Crippen molar-refractivity contribution in [1.82, 2.24) is 20.4 Å². The summed E-state index contributed by atoms with van der Waals surface area (Å²) in [5.74, 6) is 2.32. The van der Waals surface area contributed by atoms with Crippen LogP contribution in [0.5, 0.6) is 11.5 Å². The number of rotatable bonds is 4. The maximum absolute atomic E-state index is 5.37. The molecule has 0 atom stereocenters. The van der Waals surface area contributed by atoms with Gasteiger partial charge in [0.2, 0.25) is 6.79 Å². The Morgan fingerprint density at radius 1 is 1.23 bits per heavy atom. The zero-order valence-electron chi connectivity index (χ0n) is 12.7. The Kier molecular flexibility index (Phi) is 4.13. The fraction of sp³-hybridized carbons (Fsp3) is 0.333. The van der Waals surface area contributed by atoms with Crippen LogP contribution in [0.3, 0.4) is 0 Å². The average molecular weight is 301 g/mol. The minimum absolute atomic E-state index is 0.292. The molecule has 22 heavy (non-hydrogen) atoms. The van der Waals surface area contributed by atoms with Crippen molar-refractivity contribution in [2.75, 3.05) is 13.8 Å². The topological polar surface area (TPSA) is 72.7 Å². The van der Waals surface area contributed by atoms with Gasteiger partial charge >= 0.3 is 0 Å². The van der Waals surface area contributed by atoms with E-state index in [-0.39, 0.29) is 0 Å². The molecule has 0 saturated heterocycles. The van der Waals surface area contributed by atoms with Crippen molar-refractivity contribution < 1.29 is 9.47 Å². The molecular formula is C15H19N5O2. The van der Waals surface area contributed by atoms with Crippen LogP contribution in [-0.2, 0) is 20.1 Å². The molecule has 0 aliphatic carbocycles. The number of aromatic nitrogens is 2. The molecule has 1 aromatic carbocycles. The van der Waals surface area contributed by atoms with Crippen LogP contribution >= 0.6 is 0 Å². The zero-order chi connectivity index (χ0) is 15.4. The molecule has 0 bridgehead atoms. The van der Waals surface area contributed by atoms with Gasteiger partial charge in [-0.2, -0.15) is 5.10 Å². The minimum atomic E-state index is 0.292. The predicted molar refractivity (Wildman–Crippen MR) is 82.8 cm³/mol. The molecule has 7 heteroatoms. The van der Waals surface area contributed by atoms with Crippen LogP contribution in [0, 0.1) is 0 Å². The molecule has 1 aliphatic heterocycles. The van der Waals surface area contributed by atoms with E-state index in [1.54, 1.807) is 11.7 Å². The molecule has 116 valence electrons. The van der Waals surface area contributed by atoms with Crippen molar-refractivity contribution in [3.8, 4) is 11.5 Å². The van der Waals surface area contributed by atoms with Crippen LogP contribution in [-0.4, -0.2) is 29.6 Å². The number of aliphatic imine (C=N–C) groups is 1. The van der Waals surface area contributed by atoms with Crippen LogP contribution in [0.25, 0.3) is 0 Å². The van der Waals surface area contributed by atoms with Gasteiger partial charge in [-0.05, 0) is 17.7 Å². The smallest absolute Gasteiger partial charge is 0.231 e. The first kappa shape index (κ1) is 14.2. The van der Waals surface area contributed by atoms with Gasteiger partial charge in [0, 0.05) is 38.9 Å². The third kappa shape index (κ3) is 3.30. The summed E-state index contributed by atoms with van der Waals surface area (Å²) in [6.07, 6.45) is 3.80. The third-order valence-electron chi connectivity index (χ3n) is 3.34. The highest BCUT2D eigenvalue weighted by atomic mass is 16.7. The first-order chi connectivity index (χ1) is 10.7. The number of hydrogen-bond acceptors (Lipinski definition) is 4. The highest BCUT2D eigenvalue weighted by Crippen LogP contribution is 2.32. The van der Waals surface area contributed by atoms with Crippen molar-refractivity contribution in [3.63, 3.8) is 0 Å². The molecule has 2 aromatic rings. The maximum atomic E-state index is 5.37. The van der Waals surface area contributed by atoms with Gasteiger partial charge in [-0.25, -0.2) is 0 Å².